The molecule has 154 valence electrons. The molecule has 3 aromatic rings. The number of ether oxygens (including phenoxy) is 1. The van der Waals surface area contributed by atoms with Gasteiger partial charge >= 0.3 is 0 Å². The fourth-order valence-electron chi connectivity index (χ4n) is 3.46. The number of rotatable bonds is 7. The molecule has 4 rings (SSSR count). The molecule has 0 spiro atoms. The number of fused-ring (bicyclic) bond motifs is 1. The first-order chi connectivity index (χ1) is 14.7. The molecule has 1 aliphatic heterocycles. The van der Waals surface area contributed by atoms with E-state index in [1.807, 2.05) is 43.3 Å². The summed E-state index contributed by atoms with van der Waals surface area (Å²) in [4.78, 5) is 28.4. The van der Waals surface area contributed by atoms with E-state index in [9.17, 15) is 9.59 Å². The van der Waals surface area contributed by atoms with Crippen LogP contribution < -0.4 is 15.4 Å². The third-order valence-corrected chi connectivity index (χ3v) is 4.94. The van der Waals surface area contributed by atoms with Crippen molar-refractivity contribution in [3.05, 3.63) is 65.6 Å². The van der Waals surface area contributed by atoms with E-state index < -0.39 is 0 Å². The van der Waals surface area contributed by atoms with Gasteiger partial charge < -0.3 is 15.4 Å². The van der Waals surface area contributed by atoms with Crippen LogP contribution in [0.25, 0.3) is 5.82 Å². The molecule has 0 bridgehead atoms. The molecular weight excluding hydrogens is 382 g/mol. The quantitative estimate of drug-likeness (QED) is 0.589. The normalized spacial score (nSPS) is 12.8. The van der Waals surface area contributed by atoms with Crippen molar-refractivity contribution in [3.8, 4) is 11.6 Å². The van der Waals surface area contributed by atoms with Crippen LogP contribution in [-0.4, -0.2) is 39.7 Å². The molecule has 0 atom stereocenters. The molecule has 8 heteroatoms. The van der Waals surface area contributed by atoms with E-state index in [1.165, 1.54) is 0 Å². The summed E-state index contributed by atoms with van der Waals surface area (Å²) in [5.41, 5.74) is 3.24. The molecule has 1 aromatic carbocycles. The van der Waals surface area contributed by atoms with Crippen LogP contribution in [0.15, 0.2) is 48.8 Å². The van der Waals surface area contributed by atoms with Gasteiger partial charge in [0.25, 0.3) is 5.91 Å². The van der Waals surface area contributed by atoms with E-state index in [1.54, 1.807) is 17.1 Å². The molecule has 2 aromatic heterocycles. The van der Waals surface area contributed by atoms with Gasteiger partial charge in [0.2, 0.25) is 5.91 Å². The minimum absolute atomic E-state index is 0.0386. The number of nitrogens with zero attached hydrogens (tertiary/aromatic N) is 3. The van der Waals surface area contributed by atoms with Gasteiger partial charge in [0.1, 0.15) is 12.4 Å². The lowest BCUT2D eigenvalue weighted by atomic mass is 10.0. The SMILES string of the molecule is CCc1c(C(=O)NCCOc2ccc3c(c2)CCC(=O)N3)cnn1-c1ccccn1. The van der Waals surface area contributed by atoms with Crippen LogP contribution in [0.5, 0.6) is 5.75 Å². The van der Waals surface area contributed by atoms with Gasteiger partial charge in [-0.1, -0.05) is 13.0 Å². The van der Waals surface area contributed by atoms with Gasteiger partial charge in [0.15, 0.2) is 5.82 Å². The van der Waals surface area contributed by atoms with Gasteiger partial charge in [-0.3, -0.25) is 9.59 Å². The topological polar surface area (TPSA) is 98.1 Å². The monoisotopic (exact) mass is 405 g/mol. The van der Waals surface area contributed by atoms with Crippen molar-refractivity contribution in [3.63, 3.8) is 0 Å². The number of hydrogen-bond acceptors (Lipinski definition) is 5. The fourth-order valence-corrected chi connectivity index (χ4v) is 3.46. The first-order valence-electron chi connectivity index (χ1n) is 9.97. The third kappa shape index (κ3) is 4.17. The van der Waals surface area contributed by atoms with Crippen molar-refractivity contribution in [2.45, 2.75) is 26.2 Å². The van der Waals surface area contributed by atoms with Crippen LogP contribution >= 0.6 is 0 Å². The van der Waals surface area contributed by atoms with Crippen molar-refractivity contribution in [2.24, 2.45) is 0 Å². The van der Waals surface area contributed by atoms with E-state index in [-0.39, 0.29) is 11.8 Å². The second-order valence-corrected chi connectivity index (χ2v) is 6.93. The molecule has 2 N–H and O–H groups in total. The molecule has 8 nitrogen and oxygen atoms in total. The average molecular weight is 405 g/mol. The second kappa shape index (κ2) is 8.77. The average Bonchev–Trinajstić information content (AvgIpc) is 3.21. The van der Waals surface area contributed by atoms with Crippen molar-refractivity contribution in [2.75, 3.05) is 18.5 Å². The molecule has 2 amide bonds. The van der Waals surface area contributed by atoms with Crippen LogP contribution in [0, 0.1) is 0 Å². The summed E-state index contributed by atoms with van der Waals surface area (Å²) < 4.78 is 7.45. The van der Waals surface area contributed by atoms with Crippen molar-refractivity contribution >= 4 is 17.5 Å². The highest BCUT2D eigenvalue weighted by Crippen LogP contribution is 2.26. The summed E-state index contributed by atoms with van der Waals surface area (Å²) in [7, 11) is 0. The first-order valence-corrected chi connectivity index (χ1v) is 9.97. The minimum Gasteiger partial charge on any atom is -0.492 e. The molecule has 0 unspecified atom stereocenters. The van der Waals surface area contributed by atoms with E-state index in [0.29, 0.717) is 43.8 Å². The number of hydrogen-bond donors (Lipinski definition) is 2. The maximum Gasteiger partial charge on any atom is 0.254 e. The second-order valence-electron chi connectivity index (χ2n) is 6.93. The molecule has 0 fully saturated rings. The summed E-state index contributed by atoms with van der Waals surface area (Å²) in [6.07, 6.45) is 5.11. The Bertz CT molecular complexity index is 1060. The zero-order chi connectivity index (χ0) is 20.9. The Morgan fingerprint density at radius 1 is 1.27 bits per heavy atom. The van der Waals surface area contributed by atoms with Crippen LogP contribution in [0.2, 0.25) is 0 Å². The van der Waals surface area contributed by atoms with Gasteiger partial charge in [-0.05, 0) is 48.7 Å². The molecular formula is C22H23N5O3. The van der Waals surface area contributed by atoms with Crippen molar-refractivity contribution in [1.82, 2.24) is 20.1 Å². The predicted molar refractivity (Wildman–Crippen MR) is 112 cm³/mol. The van der Waals surface area contributed by atoms with E-state index in [2.05, 4.69) is 20.7 Å². The molecule has 0 saturated heterocycles. The van der Waals surface area contributed by atoms with Crippen molar-refractivity contribution in [1.29, 1.82) is 0 Å². The smallest absolute Gasteiger partial charge is 0.254 e. The minimum atomic E-state index is -0.189. The third-order valence-electron chi connectivity index (χ3n) is 4.94. The number of aromatic nitrogens is 3. The highest BCUT2D eigenvalue weighted by atomic mass is 16.5. The number of pyridine rings is 1. The Balaban J connectivity index is 1.33. The lowest BCUT2D eigenvalue weighted by Crippen LogP contribution is -2.28. The maximum absolute atomic E-state index is 12.6. The van der Waals surface area contributed by atoms with Gasteiger partial charge in [0, 0.05) is 18.3 Å². The number of carbonyl (C=O) groups excluding carboxylic acids is 2. The van der Waals surface area contributed by atoms with Crippen LogP contribution in [0.1, 0.15) is 35.0 Å². The van der Waals surface area contributed by atoms with E-state index in [0.717, 1.165) is 22.7 Å². The molecule has 30 heavy (non-hydrogen) atoms. The van der Waals surface area contributed by atoms with Gasteiger partial charge in [-0.25, -0.2) is 9.67 Å². The zero-order valence-corrected chi connectivity index (χ0v) is 16.7. The van der Waals surface area contributed by atoms with Crippen molar-refractivity contribution < 1.29 is 14.3 Å². The summed E-state index contributed by atoms with van der Waals surface area (Å²) in [5.74, 6) is 1.25. The maximum atomic E-state index is 12.6. The largest absolute Gasteiger partial charge is 0.492 e. The van der Waals surface area contributed by atoms with Crippen LogP contribution in [-0.2, 0) is 17.6 Å². The molecule has 1 aliphatic rings. The molecule has 0 saturated carbocycles. The Kier molecular flexibility index (Phi) is 5.74. The summed E-state index contributed by atoms with van der Waals surface area (Å²) in [6, 6.07) is 11.2. The Hall–Kier alpha value is -3.68. The van der Waals surface area contributed by atoms with Crippen LogP contribution in [0.4, 0.5) is 5.69 Å². The van der Waals surface area contributed by atoms with Crippen LogP contribution in [0.3, 0.4) is 0 Å². The highest BCUT2D eigenvalue weighted by molar-refractivity contribution is 5.95. The lowest BCUT2D eigenvalue weighted by Gasteiger charge is -2.17. The number of amides is 2. The molecule has 0 aliphatic carbocycles. The van der Waals surface area contributed by atoms with E-state index >= 15 is 0 Å². The Labute approximate surface area is 174 Å². The Morgan fingerprint density at radius 3 is 2.97 bits per heavy atom. The Morgan fingerprint density at radius 2 is 2.17 bits per heavy atom. The number of nitrogens with one attached hydrogen (secondary N) is 2. The van der Waals surface area contributed by atoms with Gasteiger partial charge in [0.05, 0.1) is 24.0 Å². The van der Waals surface area contributed by atoms with Gasteiger partial charge in [-0.15, -0.1) is 0 Å². The predicted octanol–water partition coefficient (Wildman–Crippen LogP) is 2.52. The molecule has 3 heterocycles. The standard InChI is InChI=1S/C22H23N5O3/c1-2-19-17(14-25-27(19)20-5-3-4-10-23-20)22(29)24-11-12-30-16-7-8-18-15(13-16)6-9-21(28)26-18/h3-5,7-8,10,13-14H,2,6,9,11-12H2,1H3,(H,24,29)(H,26,28). The summed E-state index contributed by atoms with van der Waals surface area (Å²) in [6.45, 7) is 2.69. The highest BCUT2D eigenvalue weighted by Gasteiger charge is 2.18. The number of benzene rings is 1. The lowest BCUT2D eigenvalue weighted by molar-refractivity contribution is -0.116. The number of aryl methyl sites for hydroxylation is 1. The summed E-state index contributed by atoms with van der Waals surface area (Å²) >= 11 is 0. The number of carbonyl (C=O) groups is 2. The summed E-state index contributed by atoms with van der Waals surface area (Å²) in [5, 5.41) is 10.1. The zero-order valence-electron chi connectivity index (χ0n) is 16.7. The van der Waals surface area contributed by atoms with E-state index in [4.69, 9.17) is 4.74 Å². The molecule has 0 radical (unpaired) electrons. The fraction of sp³-hybridized carbons (Fsp3) is 0.273. The first kappa shape index (κ1) is 19.6. The van der Waals surface area contributed by atoms with Gasteiger partial charge in [-0.2, -0.15) is 5.10 Å². The number of anilines is 1.